The molecular formula is C48H28N4OS. The van der Waals surface area contributed by atoms with E-state index in [-0.39, 0.29) is 0 Å². The van der Waals surface area contributed by atoms with Crippen molar-refractivity contribution in [3.05, 3.63) is 170 Å². The van der Waals surface area contributed by atoms with Crippen LogP contribution in [-0.2, 0) is 0 Å². The fourth-order valence-electron chi connectivity index (χ4n) is 7.53. The first-order valence-corrected chi connectivity index (χ1v) is 18.7. The zero-order chi connectivity index (χ0) is 35.6. The maximum absolute atomic E-state index is 6.38. The summed E-state index contributed by atoms with van der Waals surface area (Å²) in [6.45, 7) is 0. The van der Waals surface area contributed by atoms with Crippen LogP contribution in [0.15, 0.2) is 174 Å². The number of pyridine rings is 1. The molecule has 4 aromatic heterocycles. The number of benzene rings is 7. The molecule has 0 radical (unpaired) electrons. The van der Waals surface area contributed by atoms with Gasteiger partial charge in [-0.2, -0.15) is 0 Å². The van der Waals surface area contributed by atoms with Crippen molar-refractivity contribution in [2.24, 2.45) is 0 Å². The van der Waals surface area contributed by atoms with Gasteiger partial charge in [0, 0.05) is 48.3 Å². The number of fused-ring (bicyclic) bond motifs is 8. The first-order valence-electron chi connectivity index (χ1n) is 17.9. The standard InChI is InChI=1S/C48H28N4OS/c1-2-11-32(12-3-1)46-50-47(52-48(51-46)38-17-10-16-35-34-13-5-8-19-40(34)53-44(35)38)33-27-23-30(24-28-33)29-21-25-31(26-22-29)43-45-42(36-14-4-7-18-39(36)49-43)37-15-6-9-20-41(37)54-45/h1-28H. The Balaban J connectivity index is 0.975. The molecule has 0 atom stereocenters. The van der Waals surface area contributed by atoms with Crippen molar-refractivity contribution in [2.45, 2.75) is 0 Å². The molecule has 0 aliphatic rings. The van der Waals surface area contributed by atoms with Gasteiger partial charge in [-0.05, 0) is 35.4 Å². The van der Waals surface area contributed by atoms with Crippen molar-refractivity contribution in [3.63, 3.8) is 0 Å². The second kappa shape index (κ2) is 12.3. The molecule has 54 heavy (non-hydrogen) atoms. The van der Waals surface area contributed by atoms with Crippen LogP contribution in [0.25, 0.3) is 110 Å². The van der Waals surface area contributed by atoms with Crippen molar-refractivity contribution < 1.29 is 4.42 Å². The fourth-order valence-corrected chi connectivity index (χ4v) is 8.76. The number of rotatable bonds is 5. The number of aromatic nitrogens is 4. The van der Waals surface area contributed by atoms with Crippen LogP contribution < -0.4 is 0 Å². The largest absolute Gasteiger partial charge is 0.455 e. The van der Waals surface area contributed by atoms with Crippen molar-refractivity contribution in [2.75, 3.05) is 0 Å². The van der Waals surface area contributed by atoms with E-state index in [4.69, 9.17) is 24.4 Å². The molecule has 11 rings (SSSR count). The molecule has 0 saturated heterocycles. The van der Waals surface area contributed by atoms with Crippen LogP contribution in [-0.4, -0.2) is 19.9 Å². The van der Waals surface area contributed by atoms with E-state index in [2.05, 4.69) is 109 Å². The number of nitrogens with zero attached hydrogens (tertiary/aromatic N) is 4. The Kier molecular flexibility index (Phi) is 6.97. The van der Waals surface area contributed by atoms with E-state index >= 15 is 0 Å². The Morgan fingerprint density at radius 1 is 0.389 bits per heavy atom. The van der Waals surface area contributed by atoms with Crippen LogP contribution in [0.4, 0.5) is 0 Å². The van der Waals surface area contributed by atoms with Gasteiger partial charge in [0.05, 0.1) is 21.5 Å². The second-order valence-corrected chi connectivity index (χ2v) is 14.4. The molecule has 4 heterocycles. The molecule has 0 aliphatic heterocycles. The molecule has 0 saturated carbocycles. The predicted molar refractivity (Wildman–Crippen MR) is 222 cm³/mol. The van der Waals surface area contributed by atoms with Crippen molar-refractivity contribution in [1.29, 1.82) is 0 Å². The zero-order valence-electron chi connectivity index (χ0n) is 28.8. The highest BCUT2D eigenvalue weighted by molar-refractivity contribution is 7.26. The Morgan fingerprint density at radius 2 is 0.963 bits per heavy atom. The molecule has 6 heteroatoms. The van der Waals surface area contributed by atoms with E-state index in [1.54, 1.807) is 0 Å². The van der Waals surface area contributed by atoms with E-state index in [1.165, 1.54) is 25.6 Å². The maximum Gasteiger partial charge on any atom is 0.167 e. The molecule has 0 amide bonds. The third-order valence-electron chi connectivity index (χ3n) is 10.2. The monoisotopic (exact) mass is 708 g/mol. The molecule has 0 unspecified atom stereocenters. The molecule has 252 valence electrons. The highest BCUT2D eigenvalue weighted by Crippen LogP contribution is 2.43. The summed E-state index contributed by atoms with van der Waals surface area (Å²) in [6, 6.07) is 58.6. The van der Waals surface area contributed by atoms with E-state index in [0.717, 1.165) is 66.5 Å². The van der Waals surface area contributed by atoms with Crippen LogP contribution in [0.2, 0.25) is 0 Å². The smallest absolute Gasteiger partial charge is 0.167 e. The minimum atomic E-state index is 0.568. The first kappa shape index (κ1) is 30.6. The lowest BCUT2D eigenvalue weighted by molar-refractivity contribution is 0.669. The third kappa shape index (κ3) is 4.99. The Bertz CT molecular complexity index is 3200. The van der Waals surface area contributed by atoms with E-state index in [9.17, 15) is 0 Å². The Hall–Kier alpha value is -7.02. The summed E-state index contributed by atoms with van der Waals surface area (Å²) in [4.78, 5) is 20.2. The third-order valence-corrected chi connectivity index (χ3v) is 11.3. The van der Waals surface area contributed by atoms with E-state index < -0.39 is 0 Å². The summed E-state index contributed by atoms with van der Waals surface area (Å²) < 4.78 is 8.87. The number of hydrogen-bond acceptors (Lipinski definition) is 6. The molecule has 0 fully saturated rings. The van der Waals surface area contributed by atoms with Gasteiger partial charge in [0.25, 0.3) is 0 Å². The topological polar surface area (TPSA) is 64.7 Å². The van der Waals surface area contributed by atoms with E-state index in [1.807, 2.05) is 72.0 Å². The average Bonchev–Trinajstić information content (AvgIpc) is 3.83. The van der Waals surface area contributed by atoms with Gasteiger partial charge >= 0.3 is 0 Å². The van der Waals surface area contributed by atoms with E-state index in [0.29, 0.717) is 17.5 Å². The normalized spacial score (nSPS) is 11.7. The fraction of sp³-hybridized carbons (Fsp3) is 0. The van der Waals surface area contributed by atoms with Gasteiger partial charge in [-0.3, -0.25) is 0 Å². The number of thiophene rings is 1. The van der Waals surface area contributed by atoms with Crippen molar-refractivity contribution in [1.82, 2.24) is 19.9 Å². The Labute approximate surface area is 313 Å². The van der Waals surface area contributed by atoms with Crippen molar-refractivity contribution in [3.8, 4) is 56.5 Å². The van der Waals surface area contributed by atoms with Crippen LogP contribution in [0.1, 0.15) is 0 Å². The minimum absolute atomic E-state index is 0.568. The average molecular weight is 709 g/mol. The highest BCUT2D eigenvalue weighted by atomic mass is 32.1. The molecule has 11 aromatic rings. The second-order valence-electron chi connectivity index (χ2n) is 13.4. The SMILES string of the molecule is c1ccc(-c2nc(-c3ccc(-c4ccc(-c5nc6ccccc6c6c5sc5ccccc56)cc4)cc3)nc(-c3cccc4c3oc3ccccc34)n2)cc1. The maximum atomic E-state index is 6.38. The zero-order valence-corrected chi connectivity index (χ0v) is 29.6. The van der Waals surface area contributed by atoms with Crippen LogP contribution >= 0.6 is 11.3 Å². The van der Waals surface area contributed by atoms with Crippen molar-refractivity contribution >= 4 is 64.4 Å². The molecule has 5 nitrogen and oxygen atoms in total. The predicted octanol–water partition coefficient (Wildman–Crippen LogP) is 13.0. The van der Waals surface area contributed by atoms with Gasteiger partial charge in [0.2, 0.25) is 0 Å². The molecule has 0 aliphatic carbocycles. The van der Waals surface area contributed by atoms with Gasteiger partial charge in [-0.15, -0.1) is 11.3 Å². The van der Waals surface area contributed by atoms with Gasteiger partial charge in [0.1, 0.15) is 11.2 Å². The van der Waals surface area contributed by atoms with Gasteiger partial charge in [0.15, 0.2) is 17.5 Å². The van der Waals surface area contributed by atoms with Gasteiger partial charge in [-0.25, -0.2) is 19.9 Å². The summed E-state index contributed by atoms with van der Waals surface area (Å²) in [7, 11) is 0. The summed E-state index contributed by atoms with van der Waals surface area (Å²) in [5, 5.41) is 5.85. The molecular weight excluding hydrogens is 681 g/mol. The number of furan rings is 1. The van der Waals surface area contributed by atoms with Crippen LogP contribution in [0, 0.1) is 0 Å². The summed E-state index contributed by atoms with van der Waals surface area (Å²) in [6.07, 6.45) is 0. The first-order chi connectivity index (χ1) is 26.7. The highest BCUT2D eigenvalue weighted by Gasteiger charge is 2.19. The lowest BCUT2D eigenvalue weighted by Gasteiger charge is -2.10. The van der Waals surface area contributed by atoms with Gasteiger partial charge in [-0.1, -0.05) is 146 Å². The Morgan fingerprint density at radius 3 is 1.74 bits per heavy atom. The quantitative estimate of drug-likeness (QED) is 0.178. The van der Waals surface area contributed by atoms with Crippen LogP contribution in [0.5, 0.6) is 0 Å². The summed E-state index contributed by atoms with van der Waals surface area (Å²) in [5.41, 5.74) is 9.61. The lowest BCUT2D eigenvalue weighted by Crippen LogP contribution is -2.00. The number of para-hydroxylation sites is 3. The minimum Gasteiger partial charge on any atom is -0.455 e. The molecule has 7 aromatic carbocycles. The molecule has 0 N–H and O–H groups in total. The molecule has 0 spiro atoms. The molecule has 0 bridgehead atoms. The lowest BCUT2D eigenvalue weighted by atomic mass is 9.99. The van der Waals surface area contributed by atoms with Crippen LogP contribution in [0.3, 0.4) is 0 Å². The summed E-state index contributed by atoms with van der Waals surface area (Å²) in [5.74, 6) is 1.78. The van der Waals surface area contributed by atoms with Gasteiger partial charge < -0.3 is 4.42 Å². The number of hydrogen-bond donors (Lipinski definition) is 0. The summed E-state index contributed by atoms with van der Waals surface area (Å²) >= 11 is 1.81.